The Morgan fingerprint density at radius 2 is 1.87 bits per heavy atom. The van der Waals surface area contributed by atoms with Gasteiger partial charge in [-0.15, -0.1) is 11.3 Å². The first-order valence-corrected chi connectivity index (χ1v) is 10.9. The van der Waals surface area contributed by atoms with Crippen LogP contribution >= 0.6 is 11.3 Å². The molecule has 0 aliphatic carbocycles. The first-order valence-electron chi connectivity index (χ1n) is 10.0. The second kappa shape index (κ2) is 8.75. The number of aromatic nitrogens is 1. The van der Waals surface area contributed by atoms with E-state index in [0.717, 1.165) is 27.6 Å². The van der Waals surface area contributed by atoms with Gasteiger partial charge in [0.05, 0.1) is 17.7 Å². The quantitative estimate of drug-likeness (QED) is 0.587. The van der Waals surface area contributed by atoms with E-state index in [9.17, 15) is 9.59 Å². The number of piperazine rings is 1. The Bertz CT molecular complexity index is 1040. The van der Waals surface area contributed by atoms with E-state index in [0.29, 0.717) is 32.7 Å². The Balaban J connectivity index is 1.36. The lowest BCUT2D eigenvalue weighted by Crippen LogP contribution is -2.50. The fourth-order valence-electron chi connectivity index (χ4n) is 3.75. The lowest BCUT2D eigenvalue weighted by atomic mass is 10.2. The summed E-state index contributed by atoms with van der Waals surface area (Å²) in [6.07, 6.45) is 5.19. The van der Waals surface area contributed by atoms with Crippen LogP contribution in [0.2, 0.25) is 0 Å². The number of aryl methyl sites for hydroxylation is 1. The van der Waals surface area contributed by atoms with Gasteiger partial charge in [-0.2, -0.15) is 0 Å². The number of nitrogens with zero attached hydrogens (tertiary/aromatic N) is 3. The highest BCUT2D eigenvalue weighted by Gasteiger charge is 2.24. The van der Waals surface area contributed by atoms with Crippen molar-refractivity contribution in [1.29, 1.82) is 0 Å². The number of amides is 2. The largest absolute Gasteiger partial charge is 0.467 e. The van der Waals surface area contributed by atoms with Crippen LogP contribution in [0.4, 0.5) is 0 Å². The van der Waals surface area contributed by atoms with Gasteiger partial charge in [-0.25, -0.2) is 0 Å². The van der Waals surface area contributed by atoms with Gasteiger partial charge in [0.25, 0.3) is 5.91 Å². The average Bonchev–Trinajstić information content (AvgIpc) is 3.51. The van der Waals surface area contributed by atoms with Gasteiger partial charge in [0, 0.05) is 43.6 Å². The number of hydrogen-bond acceptors (Lipinski definition) is 4. The minimum atomic E-state index is -0.0194. The van der Waals surface area contributed by atoms with E-state index in [4.69, 9.17) is 4.42 Å². The maximum atomic E-state index is 12.7. The van der Waals surface area contributed by atoms with Crippen LogP contribution in [0.3, 0.4) is 0 Å². The molecule has 1 aliphatic heterocycles. The molecule has 3 aromatic rings. The minimum Gasteiger partial charge on any atom is -0.467 e. The van der Waals surface area contributed by atoms with Crippen molar-refractivity contribution >= 4 is 29.2 Å². The van der Waals surface area contributed by atoms with Crippen molar-refractivity contribution in [3.63, 3.8) is 0 Å². The fraction of sp³-hybridized carbons (Fsp3) is 0.304. The number of furan rings is 1. The van der Waals surface area contributed by atoms with Gasteiger partial charge >= 0.3 is 0 Å². The SMILES string of the molecule is Cc1cc(C=CC(=O)N2CCN(C(=O)c3cccs3)CC2)c(C)n1Cc1ccco1. The van der Waals surface area contributed by atoms with E-state index in [1.54, 1.807) is 17.2 Å². The zero-order valence-corrected chi connectivity index (χ0v) is 18.0. The number of rotatable bonds is 5. The molecule has 30 heavy (non-hydrogen) atoms. The van der Waals surface area contributed by atoms with Crippen molar-refractivity contribution in [2.75, 3.05) is 26.2 Å². The molecule has 0 saturated carbocycles. The Kier molecular flexibility index (Phi) is 5.90. The summed E-state index contributed by atoms with van der Waals surface area (Å²) in [4.78, 5) is 29.5. The molecule has 2 amide bonds. The second-order valence-corrected chi connectivity index (χ2v) is 8.37. The van der Waals surface area contributed by atoms with Crippen LogP contribution in [0.5, 0.6) is 0 Å². The summed E-state index contributed by atoms with van der Waals surface area (Å²) in [6, 6.07) is 9.65. The number of carbonyl (C=O) groups is 2. The third-order valence-corrected chi connectivity index (χ3v) is 6.38. The van der Waals surface area contributed by atoms with Crippen LogP contribution in [0, 0.1) is 13.8 Å². The molecule has 7 heteroatoms. The van der Waals surface area contributed by atoms with Crippen LogP contribution in [0.1, 0.15) is 32.4 Å². The zero-order chi connectivity index (χ0) is 21.1. The molecule has 0 radical (unpaired) electrons. The molecule has 3 aromatic heterocycles. The Morgan fingerprint density at radius 3 is 2.53 bits per heavy atom. The van der Waals surface area contributed by atoms with E-state index < -0.39 is 0 Å². The molecule has 0 atom stereocenters. The number of hydrogen-bond donors (Lipinski definition) is 0. The van der Waals surface area contributed by atoms with E-state index in [-0.39, 0.29) is 11.8 Å². The van der Waals surface area contributed by atoms with E-state index >= 15 is 0 Å². The van der Waals surface area contributed by atoms with Gasteiger partial charge in [0.15, 0.2) is 0 Å². The normalized spacial score (nSPS) is 14.6. The zero-order valence-electron chi connectivity index (χ0n) is 17.2. The van der Waals surface area contributed by atoms with E-state index in [2.05, 4.69) is 24.5 Å². The third-order valence-electron chi connectivity index (χ3n) is 5.52. The summed E-state index contributed by atoms with van der Waals surface area (Å²) in [5.41, 5.74) is 3.25. The highest BCUT2D eigenvalue weighted by molar-refractivity contribution is 7.12. The molecular weight excluding hydrogens is 398 g/mol. The summed E-state index contributed by atoms with van der Waals surface area (Å²) in [5.74, 6) is 0.934. The van der Waals surface area contributed by atoms with Crippen molar-refractivity contribution in [2.24, 2.45) is 0 Å². The molecule has 1 fully saturated rings. The van der Waals surface area contributed by atoms with E-state index in [1.165, 1.54) is 11.3 Å². The molecule has 156 valence electrons. The van der Waals surface area contributed by atoms with Crippen molar-refractivity contribution < 1.29 is 14.0 Å². The molecule has 1 aliphatic rings. The first-order chi connectivity index (χ1) is 14.5. The average molecular weight is 424 g/mol. The minimum absolute atomic E-state index is 0.0194. The molecule has 0 spiro atoms. The summed E-state index contributed by atoms with van der Waals surface area (Å²) in [6.45, 7) is 7.01. The Labute approximate surface area is 180 Å². The number of thiophene rings is 1. The van der Waals surface area contributed by atoms with Gasteiger partial charge in [-0.1, -0.05) is 6.07 Å². The van der Waals surface area contributed by atoms with Crippen LogP contribution < -0.4 is 0 Å². The molecule has 4 rings (SSSR count). The lowest BCUT2D eigenvalue weighted by Gasteiger charge is -2.34. The molecule has 1 saturated heterocycles. The van der Waals surface area contributed by atoms with Crippen LogP contribution in [0.25, 0.3) is 6.08 Å². The Morgan fingerprint density at radius 1 is 1.10 bits per heavy atom. The predicted octanol–water partition coefficient (Wildman–Crippen LogP) is 3.81. The van der Waals surface area contributed by atoms with Gasteiger partial charge < -0.3 is 18.8 Å². The highest BCUT2D eigenvalue weighted by Crippen LogP contribution is 2.19. The predicted molar refractivity (Wildman–Crippen MR) is 118 cm³/mol. The topological polar surface area (TPSA) is 58.7 Å². The first kappa shape index (κ1) is 20.2. The summed E-state index contributed by atoms with van der Waals surface area (Å²) >= 11 is 1.45. The molecular formula is C23H25N3O3S. The highest BCUT2D eigenvalue weighted by atomic mass is 32.1. The maximum absolute atomic E-state index is 12.7. The smallest absolute Gasteiger partial charge is 0.264 e. The number of carbonyl (C=O) groups excluding carboxylic acids is 2. The molecule has 0 unspecified atom stereocenters. The van der Waals surface area contributed by atoms with Crippen LogP contribution in [-0.4, -0.2) is 52.4 Å². The monoisotopic (exact) mass is 423 g/mol. The second-order valence-electron chi connectivity index (χ2n) is 7.42. The summed E-state index contributed by atoms with van der Waals surface area (Å²) in [5, 5.41) is 1.91. The maximum Gasteiger partial charge on any atom is 0.264 e. The molecule has 0 aromatic carbocycles. The molecule has 0 N–H and O–H groups in total. The molecule has 0 bridgehead atoms. The Hall–Kier alpha value is -3.06. The van der Waals surface area contributed by atoms with Crippen molar-refractivity contribution in [3.8, 4) is 0 Å². The van der Waals surface area contributed by atoms with Crippen LogP contribution in [0.15, 0.2) is 52.5 Å². The standard InChI is InChI=1S/C23H25N3O3S/c1-17-15-19(18(2)26(17)16-20-5-3-13-29-20)7-8-22(27)24-9-11-25(12-10-24)23(28)21-6-4-14-30-21/h3-8,13-15H,9-12,16H2,1-2H3. The van der Waals surface area contributed by atoms with E-state index in [1.807, 2.05) is 40.6 Å². The van der Waals surface area contributed by atoms with Gasteiger partial charge in [-0.3, -0.25) is 9.59 Å². The van der Waals surface area contributed by atoms with Crippen molar-refractivity contribution in [3.05, 3.63) is 75.6 Å². The van der Waals surface area contributed by atoms with Gasteiger partial charge in [0.1, 0.15) is 5.76 Å². The van der Waals surface area contributed by atoms with Crippen LogP contribution in [-0.2, 0) is 11.3 Å². The fourth-order valence-corrected chi connectivity index (χ4v) is 4.44. The lowest BCUT2D eigenvalue weighted by molar-refractivity contribution is -0.127. The summed E-state index contributed by atoms with van der Waals surface area (Å²) < 4.78 is 7.63. The van der Waals surface area contributed by atoms with Gasteiger partial charge in [-0.05, 0) is 55.1 Å². The summed E-state index contributed by atoms with van der Waals surface area (Å²) in [7, 11) is 0. The van der Waals surface area contributed by atoms with Crippen molar-refractivity contribution in [1.82, 2.24) is 14.4 Å². The van der Waals surface area contributed by atoms with Crippen molar-refractivity contribution in [2.45, 2.75) is 20.4 Å². The van der Waals surface area contributed by atoms with Gasteiger partial charge in [0.2, 0.25) is 5.91 Å². The third kappa shape index (κ3) is 4.26. The molecule has 6 nitrogen and oxygen atoms in total. The molecule has 4 heterocycles.